The van der Waals surface area contributed by atoms with Crippen LogP contribution in [0.2, 0.25) is 0 Å². The second kappa shape index (κ2) is 10.1. The van der Waals surface area contributed by atoms with Gasteiger partial charge in [-0.15, -0.1) is 11.3 Å². The molecule has 3 aromatic rings. The molecular weight excluding hydrogens is 475 g/mol. The van der Waals surface area contributed by atoms with Crippen molar-refractivity contribution in [3.8, 4) is 16.2 Å². The summed E-state index contributed by atoms with van der Waals surface area (Å²) in [6, 6.07) is 5.00. The Bertz CT molecular complexity index is 1230. The number of benzene rings is 1. The molecule has 3 atom stereocenters. The van der Waals surface area contributed by atoms with Crippen LogP contribution < -0.4 is 10.3 Å². The van der Waals surface area contributed by atoms with E-state index in [1.54, 1.807) is 31.5 Å². The van der Waals surface area contributed by atoms with Crippen LogP contribution in [-0.2, 0) is 9.59 Å². The van der Waals surface area contributed by atoms with Crippen LogP contribution >= 0.6 is 11.3 Å². The number of carbonyl (C=O) groups excluding carboxylic acids is 2. The quantitative estimate of drug-likeness (QED) is 0.476. The first kappa shape index (κ1) is 24.8. The molecule has 1 fully saturated rings. The van der Waals surface area contributed by atoms with Crippen molar-refractivity contribution in [3.05, 3.63) is 52.7 Å². The third kappa shape index (κ3) is 5.20. The Morgan fingerprint density at radius 2 is 2.09 bits per heavy atom. The molecule has 1 aliphatic heterocycles. The molecule has 1 saturated heterocycles. The molecule has 1 aliphatic rings. The Morgan fingerprint density at radius 1 is 1.31 bits per heavy atom. The van der Waals surface area contributed by atoms with E-state index < -0.39 is 29.8 Å². The Hall–Kier alpha value is -3.31. The summed E-state index contributed by atoms with van der Waals surface area (Å²) in [6.45, 7) is 7.31. The fourth-order valence-electron chi connectivity index (χ4n) is 4.23. The number of rotatable bonds is 7. The lowest BCUT2D eigenvalue weighted by Crippen LogP contribution is -2.48. The molecule has 186 valence electrons. The van der Waals surface area contributed by atoms with E-state index in [0.29, 0.717) is 21.9 Å². The van der Waals surface area contributed by atoms with Gasteiger partial charge in [0.2, 0.25) is 5.91 Å². The number of aliphatic hydroxyl groups excluding tert-OH is 1. The highest BCUT2D eigenvalue weighted by molar-refractivity contribution is 7.13. The summed E-state index contributed by atoms with van der Waals surface area (Å²) in [5.74, 6) is -1.76. The first-order valence-corrected chi connectivity index (χ1v) is 12.1. The predicted molar refractivity (Wildman–Crippen MR) is 126 cm³/mol. The maximum Gasteiger partial charge on any atom is 0.275 e. The Balaban J connectivity index is 1.46. The summed E-state index contributed by atoms with van der Waals surface area (Å²) in [7, 11) is 0. The largest absolute Gasteiger partial charge is 0.391 e. The summed E-state index contributed by atoms with van der Waals surface area (Å²) in [5, 5.41) is 14.1. The number of amides is 2. The average molecular weight is 503 g/mol. The number of carbonyl (C=O) groups is 2. The molecule has 4 rings (SSSR count). The molecule has 9 nitrogen and oxygen atoms in total. The molecule has 2 amide bonds. The van der Waals surface area contributed by atoms with Crippen molar-refractivity contribution in [1.82, 2.24) is 20.5 Å². The van der Waals surface area contributed by atoms with Gasteiger partial charge >= 0.3 is 0 Å². The second-order valence-electron chi connectivity index (χ2n) is 8.97. The molecule has 0 unspecified atom stereocenters. The second-order valence-corrected chi connectivity index (χ2v) is 9.82. The van der Waals surface area contributed by atoms with Crippen molar-refractivity contribution in [2.75, 3.05) is 6.54 Å². The van der Waals surface area contributed by atoms with Crippen LogP contribution in [0.5, 0.6) is 5.75 Å². The molecule has 0 bridgehead atoms. The summed E-state index contributed by atoms with van der Waals surface area (Å²) >= 11 is 1.33. The van der Waals surface area contributed by atoms with E-state index >= 15 is 0 Å². The number of halogens is 1. The maximum atomic E-state index is 14.7. The molecule has 2 N–H and O–H groups in total. The Labute approximate surface area is 205 Å². The van der Waals surface area contributed by atoms with Crippen molar-refractivity contribution in [2.45, 2.75) is 52.2 Å². The van der Waals surface area contributed by atoms with Crippen molar-refractivity contribution in [1.29, 1.82) is 0 Å². The van der Waals surface area contributed by atoms with E-state index in [9.17, 15) is 19.1 Å². The molecule has 0 spiro atoms. The van der Waals surface area contributed by atoms with Crippen LogP contribution in [0.4, 0.5) is 4.39 Å². The number of likely N-dealkylation sites (tertiary alicyclic amines) is 1. The van der Waals surface area contributed by atoms with Gasteiger partial charge in [-0.25, -0.2) is 9.37 Å². The standard InChI is InChI=1S/C24H27FN4O5S/c1-12(2)21(20-7-13(3)27-34-20)24(32)29-10-15(30)8-19(29)23(31)28-33-16-5-6-17(18(25)9-16)22-14(4)26-11-35-22/h5-7,9,11-12,15,19,21,30H,8,10H2,1-4H3,(H,28,31)/t15-,19+,21-/m1/s1. The van der Waals surface area contributed by atoms with Gasteiger partial charge in [-0.3, -0.25) is 9.59 Å². The minimum Gasteiger partial charge on any atom is -0.391 e. The maximum absolute atomic E-state index is 14.7. The smallest absolute Gasteiger partial charge is 0.275 e. The van der Waals surface area contributed by atoms with E-state index in [-0.39, 0.29) is 30.5 Å². The fourth-order valence-corrected chi connectivity index (χ4v) is 5.06. The summed E-state index contributed by atoms with van der Waals surface area (Å²) in [5.41, 5.74) is 5.70. The van der Waals surface area contributed by atoms with Crippen molar-refractivity contribution >= 4 is 23.2 Å². The van der Waals surface area contributed by atoms with E-state index in [4.69, 9.17) is 9.36 Å². The van der Waals surface area contributed by atoms with E-state index in [0.717, 1.165) is 5.69 Å². The number of aliphatic hydroxyl groups is 1. The lowest BCUT2D eigenvalue weighted by atomic mass is 9.91. The number of nitrogens with zero attached hydrogens (tertiary/aromatic N) is 3. The Morgan fingerprint density at radius 3 is 2.69 bits per heavy atom. The van der Waals surface area contributed by atoms with Gasteiger partial charge in [0.25, 0.3) is 5.91 Å². The molecule has 35 heavy (non-hydrogen) atoms. The minimum absolute atomic E-state index is 0.00475. The van der Waals surface area contributed by atoms with Crippen molar-refractivity contribution in [2.24, 2.45) is 5.92 Å². The van der Waals surface area contributed by atoms with Gasteiger partial charge in [-0.1, -0.05) is 19.0 Å². The number of hydroxylamine groups is 1. The van der Waals surface area contributed by atoms with Gasteiger partial charge in [0.15, 0.2) is 5.75 Å². The zero-order chi connectivity index (χ0) is 25.3. The minimum atomic E-state index is -0.952. The van der Waals surface area contributed by atoms with Crippen molar-refractivity contribution in [3.63, 3.8) is 0 Å². The molecular formula is C24H27FN4O5S. The monoisotopic (exact) mass is 502 g/mol. The first-order valence-electron chi connectivity index (χ1n) is 11.2. The summed E-state index contributed by atoms with van der Waals surface area (Å²) < 4.78 is 20.0. The number of aryl methyl sites for hydroxylation is 2. The topological polar surface area (TPSA) is 118 Å². The van der Waals surface area contributed by atoms with Gasteiger partial charge in [-0.05, 0) is 31.9 Å². The average Bonchev–Trinajstić information content (AvgIpc) is 3.52. The molecule has 2 aromatic heterocycles. The van der Waals surface area contributed by atoms with Crippen LogP contribution in [0.25, 0.3) is 10.4 Å². The van der Waals surface area contributed by atoms with Crippen LogP contribution in [0.3, 0.4) is 0 Å². The molecule has 1 aromatic carbocycles. The summed E-state index contributed by atoms with van der Waals surface area (Å²) in [6.07, 6.45) is -0.808. The zero-order valence-corrected chi connectivity index (χ0v) is 20.6. The van der Waals surface area contributed by atoms with Crippen LogP contribution in [0.15, 0.2) is 34.3 Å². The summed E-state index contributed by atoms with van der Waals surface area (Å²) in [4.78, 5) is 37.8. The third-order valence-corrected chi connectivity index (χ3v) is 6.91. The van der Waals surface area contributed by atoms with Crippen LogP contribution in [0, 0.1) is 25.6 Å². The van der Waals surface area contributed by atoms with Gasteiger partial charge in [0.1, 0.15) is 23.5 Å². The number of hydrogen-bond acceptors (Lipinski definition) is 8. The number of β-amino-alcohol motifs (C(OH)–C–C–N with tert-alkyl or cyclic N) is 1. The fraction of sp³-hybridized carbons (Fsp3) is 0.417. The van der Waals surface area contributed by atoms with Gasteiger partial charge in [-0.2, -0.15) is 5.48 Å². The van der Waals surface area contributed by atoms with E-state index in [2.05, 4.69) is 15.6 Å². The SMILES string of the molecule is Cc1cc([C@H](C(=O)N2C[C@H](O)C[C@H]2C(=O)NOc2ccc(-c3scnc3C)c(F)c2)C(C)C)on1. The molecule has 11 heteroatoms. The highest BCUT2D eigenvalue weighted by Crippen LogP contribution is 2.32. The zero-order valence-electron chi connectivity index (χ0n) is 19.8. The number of nitrogens with one attached hydrogen (secondary N) is 1. The normalized spacial score (nSPS) is 18.7. The first-order chi connectivity index (χ1) is 16.7. The number of hydrogen-bond donors (Lipinski definition) is 2. The van der Waals surface area contributed by atoms with E-state index in [1.807, 2.05) is 13.8 Å². The van der Waals surface area contributed by atoms with Gasteiger partial charge < -0.3 is 19.4 Å². The highest BCUT2D eigenvalue weighted by Gasteiger charge is 2.43. The molecule has 3 heterocycles. The van der Waals surface area contributed by atoms with Crippen molar-refractivity contribution < 1.29 is 28.4 Å². The van der Waals surface area contributed by atoms with Gasteiger partial charge in [0.05, 0.1) is 27.9 Å². The molecule has 0 radical (unpaired) electrons. The molecule has 0 saturated carbocycles. The highest BCUT2D eigenvalue weighted by atomic mass is 32.1. The lowest BCUT2D eigenvalue weighted by Gasteiger charge is -2.28. The van der Waals surface area contributed by atoms with Crippen LogP contribution in [-0.4, -0.2) is 50.7 Å². The van der Waals surface area contributed by atoms with E-state index in [1.165, 1.54) is 28.4 Å². The van der Waals surface area contributed by atoms with Crippen LogP contribution in [0.1, 0.15) is 43.3 Å². The lowest BCUT2D eigenvalue weighted by molar-refractivity contribution is -0.143. The molecule has 0 aliphatic carbocycles. The number of aromatic nitrogens is 2. The number of thiazole rings is 1. The third-order valence-electron chi connectivity index (χ3n) is 5.95. The Kier molecular flexibility index (Phi) is 7.18. The predicted octanol–water partition coefficient (Wildman–Crippen LogP) is 3.37. The van der Waals surface area contributed by atoms with Gasteiger partial charge in [0, 0.05) is 30.7 Å².